The van der Waals surface area contributed by atoms with E-state index in [1.165, 1.54) is 0 Å². The second-order valence-electron chi connectivity index (χ2n) is 4.14. The zero-order chi connectivity index (χ0) is 13.0. The third-order valence-electron chi connectivity index (χ3n) is 2.50. The second-order valence-corrected chi connectivity index (χ2v) is 4.14. The lowest BCUT2D eigenvalue weighted by Gasteiger charge is -2.06. The van der Waals surface area contributed by atoms with Gasteiger partial charge >= 0.3 is 0 Å². The highest BCUT2D eigenvalue weighted by Gasteiger charge is 2.04. The van der Waals surface area contributed by atoms with E-state index in [9.17, 15) is 0 Å². The third kappa shape index (κ3) is 2.97. The van der Waals surface area contributed by atoms with E-state index in [0.717, 1.165) is 36.0 Å². The van der Waals surface area contributed by atoms with E-state index in [1.54, 1.807) is 11.0 Å². The normalized spacial score (nSPS) is 10.4. The molecule has 0 aliphatic carbocycles. The first-order valence-corrected chi connectivity index (χ1v) is 6.02. The van der Waals surface area contributed by atoms with Crippen molar-refractivity contribution in [2.24, 2.45) is 7.05 Å². The Morgan fingerprint density at radius 3 is 2.72 bits per heavy atom. The van der Waals surface area contributed by atoms with Crippen LogP contribution in [0, 0.1) is 6.92 Å². The van der Waals surface area contributed by atoms with Gasteiger partial charge in [-0.1, -0.05) is 6.92 Å². The van der Waals surface area contributed by atoms with Crippen LogP contribution >= 0.6 is 0 Å². The molecule has 2 N–H and O–H groups in total. The quantitative estimate of drug-likeness (QED) is 0.845. The fourth-order valence-corrected chi connectivity index (χ4v) is 1.64. The van der Waals surface area contributed by atoms with E-state index in [4.69, 9.17) is 0 Å². The van der Waals surface area contributed by atoms with Gasteiger partial charge < -0.3 is 10.6 Å². The highest BCUT2D eigenvalue weighted by Crippen LogP contribution is 2.18. The number of hydrogen-bond acceptors (Lipinski definition) is 5. The Morgan fingerprint density at radius 2 is 2.06 bits per heavy atom. The van der Waals surface area contributed by atoms with Crippen LogP contribution < -0.4 is 10.6 Å². The van der Waals surface area contributed by atoms with Crippen LogP contribution in [0.1, 0.15) is 19.0 Å². The first-order chi connectivity index (χ1) is 8.69. The molecule has 2 heterocycles. The fraction of sp³-hybridized carbons (Fsp3) is 0.417. The third-order valence-corrected chi connectivity index (χ3v) is 2.50. The summed E-state index contributed by atoms with van der Waals surface area (Å²) in [4.78, 5) is 8.36. The summed E-state index contributed by atoms with van der Waals surface area (Å²) in [6.45, 7) is 4.98. The molecule has 0 aliphatic heterocycles. The van der Waals surface area contributed by atoms with Crippen molar-refractivity contribution in [1.82, 2.24) is 19.7 Å². The number of aromatic nitrogens is 4. The lowest BCUT2D eigenvalue weighted by atomic mass is 10.4. The average molecular weight is 246 g/mol. The Hall–Kier alpha value is -2.11. The molecule has 96 valence electrons. The maximum atomic E-state index is 4.27. The predicted molar refractivity (Wildman–Crippen MR) is 72.0 cm³/mol. The molecule has 0 bridgehead atoms. The van der Waals surface area contributed by atoms with Crippen molar-refractivity contribution in [2.75, 3.05) is 17.2 Å². The van der Waals surface area contributed by atoms with E-state index in [-0.39, 0.29) is 0 Å². The highest BCUT2D eigenvalue weighted by molar-refractivity contribution is 5.59. The maximum absolute atomic E-state index is 4.27. The van der Waals surface area contributed by atoms with E-state index in [2.05, 4.69) is 32.6 Å². The lowest BCUT2D eigenvalue weighted by molar-refractivity contribution is 0.756. The van der Waals surface area contributed by atoms with Gasteiger partial charge in [0, 0.05) is 25.9 Å². The van der Waals surface area contributed by atoms with Crippen molar-refractivity contribution in [3.63, 3.8) is 0 Å². The van der Waals surface area contributed by atoms with Crippen LogP contribution in [-0.4, -0.2) is 26.3 Å². The molecule has 18 heavy (non-hydrogen) atoms. The molecule has 2 aromatic heterocycles. The van der Waals surface area contributed by atoms with Crippen LogP contribution in [0.2, 0.25) is 0 Å². The van der Waals surface area contributed by atoms with Crippen LogP contribution in [0.4, 0.5) is 17.3 Å². The second kappa shape index (κ2) is 5.48. The van der Waals surface area contributed by atoms with Gasteiger partial charge in [0.05, 0.1) is 11.4 Å². The molecule has 0 unspecified atom stereocenters. The molecular formula is C12H18N6. The molecular weight excluding hydrogens is 228 g/mol. The topological polar surface area (TPSA) is 67.7 Å². The molecule has 2 rings (SSSR count). The van der Waals surface area contributed by atoms with Crippen molar-refractivity contribution < 1.29 is 0 Å². The molecule has 0 aromatic carbocycles. The summed E-state index contributed by atoms with van der Waals surface area (Å²) in [7, 11) is 1.90. The van der Waals surface area contributed by atoms with Gasteiger partial charge in [-0.05, 0) is 13.3 Å². The number of nitrogens with zero attached hydrogens (tertiary/aromatic N) is 4. The average Bonchev–Trinajstić information content (AvgIpc) is 2.66. The molecule has 0 amide bonds. The molecule has 0 spiro atoms. The summed E-state index contributed by atoms with van der Waals surface area (Å²) in [6.07, 6.45) is 4.54. The molecule has 2 aromatic rings. The van der Waals surface area contributed by atoms with Crippen LogP contribution in [-0.2, 0) is 7.05 Å². The van der Waals surface area contributed by atoms with Crippen molar-refractivity contribution in [2.45, 2.75) is 20.3 Å². The van der Waals surface area contributed by atoms with Gasteiger partial charge in [0.25, 0.3) is 0 Å². The maximum Gasteiger partial charge on any atom is 0.135 e. The molecule has 0 saturated carbocycles. The summed E-state index contributed by atoms with van der Waals surface area (Å²) in [5.41, 5.74) is 1.90. The number of anilines is 3. The van der Waals surface area contributed by atoms with Crippen LogP contribution in [0.25, 0.3) is 0 Å². The van der Waals surface area contributed by atoms with Gasteiger partial charge in [-0.25, -0.2) is 9.97 Å². The largest absolute Gasteiger partial charge is 0.370 e. The number of hydrogen-bond donors (Lipinski definition) is 2. The first kappa shape index (κ1) is 12.3. The summed E-state index contributed by atoms with van der Waals surface area (Å²) < 4.78 is 1.77. The van der Waals surface area contributed by atoms with Crippen LogP contribution in [0.15, 0.2) is 18.6 Å². The van der Waals surface area contributed by atoms with Gasteiger partial charge in [-0.2, -0.15) is 5.10 Å². The van der Waals surface area contributed by atoms with Gasteiger partial charge in [0.1, 0.15) is 18.0 Å². The van der Waals surface area contributed by atoms with Crippen LogP contribution in [0.3, 0.4) is 0 Å². The Bertz CT molecular complexity index is 519. The monoisotopic (exact) mass is 246 g/mol. The molecule has 6 heteroatoms. The van der Waals surface area contributed by atoms with Gasteiger partial charge in [-0.3, -0.25) is 4.68 Å². The molecule has 0 aliphatic rings. The summed E-state index contributed by atoms with van der Waals surface area (Å²) >= 11 is 0. The van der Waals surface area contributed by atoms with Crippen molar-refractivity contribution in [1.29, 1.82) is 0 Å². The zero-order valence-electron chi connectivity index (χ0n) is 10.9. The van der Waals surface area contributed by atoms with Gasteiger partial charge in [0.15, 0.2) is 0 Å². The Kier molecular flexibility index (Phi) is 3.76. The SMILES string of the molecule is CCCNc1cc(Nc2cn(C)nc2C)ncn1. The van der Waals surface area contributed by atoms with Gasteiger partial charge in [0.2, 0.25) is 0 Å². The Labute approximate surface area is 106 Å². The molecule has 0 fully saturated rings. The minimum absolute atomic E-state index is 0.764. The molecule has 6 nitrogen and oxygen atoms in total. The smallest absolute Gasteiger partial charge is 0.135 e. The van der Waals surface area contributed by atoms with E-state index in [1.807, 2.05) is 26.2 Å². The van der Waals surface area contributed by atoms with Crippen molar-refractivity contribution in [3.05, 3.63) is 24.3 Å². The Morgan fingerprint density at radius 1 is 1.28 bits per heavy atom. The zero-order valence-corrected chi connectivity index (χ0v) is 10.9. The number of rotatable bonds is 5. The fourth-order valence-electron chi connectivity index (χ4n) is 1.64. The lowest BCUT2D eigenvalue weighted by Crippen LogP contribution is -2.03. The summed E-state index contributed by atoms with van der Waals surface area (Å²) in [5, 5.41) is 10.7. The molecule has 0 atom stereocenters. The van der Waals surface area contributed by atoms with Gasteiger partial charge in [-0.15, -0.1) is 0 Å². The molecule has 0 radical (unpaired) electrons. The van der Waals surface area contributed by atoms with Crippen molar-refractivity contribution in [3.8, 4) is 0 Å². The van der Waals surface area contributed by atoms with E-state index in [0.29, 0.717) is 0 Å². The standard InChI is InChI=1S/C12H18N6/c1-4-5-13-11-6-12(15-8-14-11)16-10-7-18(3)17-9(10)2/h6-8H,4-5H2,1-3H3,(H2,13,14,15,16). The number of nitrogens with one attached hydrogen (secondary N) is 2. The van der Waals surface area contributed by atoms with E-state index >= 15 is 0 Å². The summed E-state index contributed by atoms with van der Waals surface area (Å²) in [5.74, 6) is 1.59. The Balaban J connectivity index is 2.11. The minimum Gasteiger partial charge on any atom is -0.370 e. The number of aryl methyl sites for hydroxylation is 2. The summed E-state index contributed by atoms with van der Waals surface area (Å²) in [6, 6.07) is 1.89. The first-order valence-electron chi connectivity index (χ1n) is 6.02. The van der Waals surface area contributed by atoms with Crippen molar-refractivity contribution >= 4 is 17.3 Å². The highest BCUT2D eigenvalue weighted by atomic mass is 15.3. The minimum atomic E-state index is 0.764. The van der Waals surface area contributed by atoms with Crippen LogP contribution in [0.5, 0.6) is 0 Å². The molecule has 0 saturated heterocycles. The van der Waals surface area contributed by atoms with E-state index < -0.39 is 0 Å². The predicted octanol–water partition coefficient (Wildman–Crippen LogP) is 2.08.